The van der Waals surface area contributed by atoms with E-state index in [9.17, 15) is 4.79 Å². The van der Waals surface area contributed by atoms with Gasteiger partial charge in [0.15, 0.2) is 5.96 Å². The SMILES string of the molecule is CC#Cc1ccc([C@@H](C)NC2C=CC(Cl)=C([C@H](C)CC(=O)N(C)C(=N)N)C2)nc1. The van der Waals surface area contributed by atoms with Gasteiger partial charge in [-0.1, -0.05) is 30.5 Å². The minimum atomic E-state index is -0.261. The molecule has 0 saturated carbocycles. The van der Waals surface area contributed by atoms with Crippen molar-refractivity contribution >= 4 is 23.5 Å². The molecule has 1 amide bonds. The summed E-state index contributed by atoms with van der Waals surface area (Å²) in [6, 6.07) is 4.08. The molecular weight excluding hydrogens is 386 g/mol. The molecule has 0 spiro atoms. The number of halogens is 1. The minimum absolute atomic E-state index is 0.0483. The number of hydrogen-bond acceptors (Lipinski definition) is 4. The summed E-state index contributed by atoms with van der Waals surface area (Å²) in [6.07, 6.45) is 6.65. The van der Waals surface area contributed by atoms with Crippen molar-refractivity contribution in [3.05, 3.63) is 52.3 Å². The number of carbonyl (C=O) groups is 1. The van der Waals surface area contributed by atoms with Gasteiger partial charge < -0.3 is 11.1 Å². The molecule has 0 bridgehead atoms. The Morgan fingerprint density at radius 2 is 2.21 bits per heavy atom. The van der Waals surface area contributed by atoms with Crippen LogP contribution in [-0.2, 0) is 4.79 Å². The molecule has 4 N–H and O–H groups in total. The summed E-state index contributed by atoms with van der Waals surface area (Å²) < 4.78 is 0. The van der Waals surface area contributed by atoms with Crippen molar-refractivity contribution in [2.45, 2.75) is 45.7 Å². The Morgan fingerprint density at radius 1 is 1.48 bits per heavy atom. The van der Waals surface area contributed by atoms with Crippen LogP contribution in [0.5, 0.6) is 0 Å². The quantitative estimate of drug-likeness (QED) is 0.379. The summed E-state index contributed by atoms with van der Waals surface area (Å²) >= 11 is 6.42. The highest BCUT2D eigenvalue weighted by molar-refractivity contribution is 6.31. The van der Waals surface area contributed by atoms with Gasteiger partial charge in [-0.25, -0.2) is 0 Å². The third-order valence-electron chi connectivity index (χ3n) is 5.00. The van der Waals surface area contributed by atoms with E-state index in [1.807, 2.05) is 31.2 Å². The number of nitrogens with two attached hydrogens (primary N) is 1. The number of rotatable bonds is 6. The van der Waals surface area contributed by atoms with E-state index < -0.39 is 0 Å². The molecule has 1 aliphatic rings. The van der Waals surface area contributed by atoms with Crippen molar-refractivity contribution < 1.29 is 4.79 Å². The van der Waals surface area contributed by atoms with Gasteiger partial charge in [0.25, 0.3) is 0 Å². The highest BCUT2D eigenvalue weighted by Crippen LogP contribution is 2.31. The predicted molar refractivity (Wildman–Crippen MR) is 117 cm³/mol. The molecule has 0 radical (unpaired) electrons. The summed E-state index contributed by atoms with van der Waals surface area (Å²) in [4.78, 5) is 17.9. The molecule has 0 fully saturated rings. The van der Waals surface area contributed by atoms with Gasteiger partial charge in [0.2, 0.25) is 5.91 Å². The Bertz CT molecular complexity index is 879. The van der Waals surface area contributed by atoms with Crippen LogP contribution in [0.3, 0.4) is 0 Å². The van der Waals surface area contributed by atoms with Crippen LogP contribution in [-0.4, -0.2) is 34.8 Å². The maximum Gasteiger partial charge on any atom is 0.229 e. The summed E-state index contributed by atoms with van der Waals surface area (Å²) in [7, 11) is 1.50. The first-order chi connectivity index (χ1) is 13.7. The predicted octanol–water partition coefficient (Wildman–Crippen LogP) is 3.30. The molecular formula is C22H28ClN5O. The molecule has 154 valence electrons. The molecule has 6 nitrogen and oxygen atoms in total. The lowest BCUT2D eigenvalue weighted by Gasteiger charge is -2.28. The molecule has 1 aromatic rings. The van der Waals surface area contributed by atoms with E-state index in [4.69, 9.17) is 22.7 Å². The zero-order valence-corrected chi connectivity index (χ0v) is 18.0. The van der Waals surface area contributed by atoms with Crippen molar-refractivity contribution in [2.75, 3.05) is 7.05 Å². The number of nitrogens with one attached hydrogen (secondary N) is 2. The zero-order chi connectivity index (χ0) is 21.6. The standard InChI is InChI=1S/C22H28ClN5O/c1-5-6-16-7-10-20(26-13-16)15(3)27-17-8-9-19(23)18(12-17)14(2)11-21(29)28(4)22(24)25/h7-10,13-15,17,27H,11-12H2,1-4H3,(H3,24,25)/t14-,15-,17?/m1/s1. The zero-order valence-electron chi connectivity index (χ0n) is 17.3. The van der Waals surface area contributed by atoms with E-state index in [0.29, 0.717) is 11.5 Å². The van der Waals surface area contributed by atoms with Gasteiger partial charge in [0, 0.05) is 42.3 Å². The smallest absolute Gasteiger partial charge is 0.229 e. The van der Waals surface area contributed by atoms with Gasteiger partial charge >= 0.3 is 0 Å². The number of nitrogens with zero attached hydrogens (tertiary/aromatic N) is 2. The average molecular weight is 414 g/mol. The first kappa shape index (κ1) is 22.7. The molecule has 1 aromatic heterocycles. The number of aromatic nitrogens is 1. The highest BCUT2D eigenvalue weighted by atomic mass is 35.5. The maximum absolute atomic E-state index is 12.3. The molecule has 0 saturated heterocycles. The van der Waals surface area contributed by atoms with Crippen LogP contribution < -0.4 is 11.1 Å². The van der Waals surface area contributed by atoms with Gasteiger partial charge in [-0.3, -0.25) is 20.1 Å². The van der Waals surface area contributed by atoms with Gasteiger partial charge in [-0.2, -0.15) is 0 Å². The van der Waals surface area contributed by atoms with Crippen LogP contribution in [0, 0.1) is 23.2 Å². The average Bonchev–Trinajstić information content (AvgIpc) is 2.69. The second kappa shape index (κ2) is 10.2. The Balaban J connectivity index is 2.01. The van der Waals surface area contributed by atoms with Gasteiger partial charge in [-0.05, 0) is 50.0 Å². The molecule has 1 unspecified atom stereocenters. The fourth-order valence-corrected chi connectivity index (χ4v) is 3.54. The molecule has 3 atom stereocenters. The number of carbonyl (C=O) groups excluding carboxylic acids is 1. The summed E-state index contributed by atoms with van der Waals surface area (Å²) in [6.45, 7) is 5.84. The van der Waals surface area contributed by atoms with Gasteiger partial charge in [0.1, 0.15) is 0 Å². The van der Waals surface area contributed by atoms with Gasteiger partial charge in [0.05, 0.1) is 5.69 Å². The molecule has 0 aromatic carbocycles. The first-order valence-corrected chi connectivity index (χ1v) is 9.92. The monoisotopic (exact) mass is 413 g/mol. The van der Waals surface area contributed by atoms with E-state index in [2.05, 4.69) is 29.1 Å². The Hall–Kier alpha value is -2.62. The fourth-order valence-electron chi connectivity index (χ4n) is 3.20. The lowest BCUT2D eigenvalue weighted by Crippen LogP contribution is -2.39. The summed E-state index contributed by atoms with van der Waals surface area (Å²) in [5.74, 6) is 5.35. The highest BCUT2D eigenvalue weighted by Gasteiger charge is 2.24. The summed E-state index contributed by atoms with van der Waals surface area (Å²) in [5.41, 5.74) is 8.25. The third kappa shape index (κ3) is 6.18. The van der Waals surface area contributed by atoms with Crippen LogP contribution in [0.1, 0.15) is 50.9 Å². The Morgan fingerprint density at radius 3 is 2.79 bits per heavy atom. The molecule has 7 heteroatoms. The normalized spacial score (nSPS) is 17.9. The van der Waals surface area contributed by atoms with Gasteiger partial charge in [-0.15, -0.1) is 5.92 Å². The number of amides is 1. The van der Waals surface area contributed by atoms with Crippen LogP contribution in [0.2, 0.25) is 0 Å². The topological polar surface area (TPSA) is 95.1 Å². The van der Waals surface area contributed by atoms with Crippen molar-refractivity contribution in [2.24, 2.45) is 11.7 Å². The van der Waals surface area contributed by atoms with Crippen molar-refractivity contribution in [3.8, 4) is 11.8 Å². The minimum Gasteiger partial charge on any atom is -0.370 e. The van der Waals surface area contributed by atoms with Crippen molar-refractivity contribution in [3.63, 3.8) is 0 Å². The summed E-state index contributed by atoms with van der Waals surface area (Å²) in [5, 5.41) is 11.6. The van der Waals surface area contributed by atoms with E-state index in [1.54, 1.807) is 13.1 Å². The maximum atomic E-state index is 12.3. The van der Waals surface area contributed by atoms with E-state index >= 15 is 0 Å². The lowest BCUT2D eigenvalue weighted by atomic mass is 9.88. The van der Waals surface area contributed by atoms with Crippen molar-refractivity contribution in [1.29, 1.82) is 5.41 Å². The number of pyridine rings is 1. The molecule has 1 heterocycles. The number of hydrogen-bond donors (Lipinski definition) is 3. The Labute approximate surface area is 177 Å². The van der Waals surface area contributed by atoms with Crippen LogP contribution in [0.15, 0.2) is 41.1 Å². The van der Waals surface area contributed by atoms with Crippen molar-refractivity contribution in [1.82, 2.24) is 15.2 Å². The second-order valence-electron chi connectivity index (χ2n) is 7.22. The van der Waals surface area contributed by atoms with Crippen LogP contribution >= 0.6 is 11.6 Å². The second-order valence-corrected chi connectivity index (χ2v) is 7.63. The van der Waals surface area contributed by atoms with E-state index in [0.717, 1.165) is 21.7 Å². The third-order valence-corrected chi connectivity index (χ3v) is 5.36. The molecule has 1 aliphatic carbocycles. The van der Waals surface area contributed by atoms with Crippen LogP contribution in [0.25, 0.3) is 0 Å². The fraction of sp³-hybridized carbons (Fsp3) is 0.409. The largest absolute Gasteiger partial charge is 0.370 e. The lowest BCUT2D eigenvalue weighted by molar-refractivity contribution is -0.127. The molecule has 29 heavy (non-hydrogen) atoms. The molecule has 2 rings (SSSR count). The van der Waals surface area contributed by atoms with E-state index in [-0.39, 0.29) is 36.3 Å². The molecule has 0 aliphatic heterocycles. The number of allylic oxidation sites excluding steroid dienone is 2. The Kier molecular flexibility index (Phi) is 8.00. The van der Waals surface area contributed by atoms with E-state index in [1.165, 1.54) is 7.05 Å². The first-order valence-electron chi connectivity index (χ1n) is 9.55. The number of guanidine groups is 1. The van der Waals surface area contributed by atoms with Crippen LogP contribution in [0.4, 0.5) is 0 Å².